The SMILES string of the molecule is CC(C)Oc1cc(N)cc(NCCCc2ccccc2)c1. The summed E-state index contributed by atoms with van der Waals surface area (Å²) in [6.07, 6.45) is 2.31. The van der Waals surface area contributed by atoms with E-state index in [9.17, 15) is 0 Å². The summed E-state index contributed by atoms with van der Waals surface area (Å²) in [6.45, 7) is 4.94. The molecule has 0 heterocycles. The van der Waals surface area contributed by atoms with Crippen molar-refractivity contribution in [1.82, 2.24) is 0 Å². The van der Waals surface area contributed by atoms with Crippen molar-refractivity contribution >= 4 is 11.4 Å². The van der Waals surface area contributed by atoms with Crippen LogP contribution in [0.25, 0.3) is 0 Å². The summed E-state index contributed by atoms with van der Waals surface area (Å²) < 4.78 is 5.69. The second-order valence-electron chi connectivity index (χ2n) is 5.47. The lowest BCUT2D eigenvalue weighted by molar-refractivity contribution is 0.242. The van der Waals surface area contributed by atoms with Crippen LogP contribution >= 0.6 is 0 Å². The van der Waals surface area contributed by atoms with Crippen molar-refractivity contribution in [2.24, 2.45) is 0 Å². The molecule has 0 saturated heterocycles. The molecule has 0 unspecified atom stereocenters. The van der Waals surface area contributed by atoms with Crippen molar-refractivity contribution in [2.75, 3.05) is 17.6 Å². The Morgan fingerprint density at radius 2 is 1.86 bits per heavy atom. The van der Waals surface area contributed by atoms with Gasteiger partial charge in [0.25, 0.3) is 0 Å². The standard InChI is InChI=1S/C18H24N2O/c1-14(2)21-18-12-16(19)11-17(13-18)20-10-6-9-15-7-4-3-5-8-15/h3-5,7-8,11-14,20H,6,9-10,19H2,1-2H3. The Labute approximate surface area is 127 Å². The van der Waals surface area contributed by atoms with Crippen LogP contribution < -0.4 is 15.8 Å². The van der Waals surface area contributed by atoms with Gasteiger partial charge in [0.2, 0.25) is 0 Å². The van der Waals surface area contributed by atoms with E-state index in [0.717, 1.165) is 36.5 Å². The van der Waals surface area contributed by atoms with Gasteiger partial charge in [-0.3, -0.25) is 0 Å². The van der Waals surface area contributed by atoms with E-state index in [-0.39, 0.29) is 6.10 Å². The van der Waals surface area contributed by atoms with Crippen molar-refractivity contribution in [3.63, 3.8) is 0 Å². The minimum Gasteiger partial charge on any atom is -0.491 e. The van der Waals surface area contributed by atoms with E-state index in [1.165, 1.54) is 5.56 Å². The molecule has 0 radical (unpaired) electrons. The molecule has 0 atom stereocenters. The predicted molar refractivity (Wildman–Crippen MR) is 89.9 cm³/mol. The second kappa shape index (κ2) is 7.58. The number of anilines is 2. The molecule has 3 N–H and O–H groups in total. The first-order chi connectivity index (χ1) is 10.1. The number of nitrogens with two attached hydrogens (primary N) is 1. The van der Waals surface area contributed by atoms with Gasteiger partial charge in [-0.1, -0.05) is 30.3 Å². The zero-order chi connectivity index (χ0) is 15.1. The first-order valence-corrected chi connectivity index (χ1v) is 7.48. The van der Waals surface area contributed by atoms with Gasteiger partial charge in [-0.15, -0.1) is 0 Å². The molecular weight excluding hydrogens is 260 g/mol. The maximum atomic E-state index is 5.91. The van der Waals surface area contributed by atoms with Gasteiger partial charge in [-0.2, -0.15) is 0 Å². The molecule has 0 spiro atoms. The summed E-state index contributed by atoms with van der Waals surface area (Å²) in [5, 5.41) is 3.41. The van der Waals surface area contributed by atoms with Gasteiger partial charge >= 0.3 is 0 Å². The van der Waals surface area contributed by atoms with Crippen LogP contribution in [-0.2, 0) is 6.42 Å². The third-order valence-electron chi connectivity index (χ3n) is 3.11. The Morgan fingerprint density at radius 3 is 2.57 bits per heavy atom. The molecule has 112 valence electrons. The molecule has 0 aliphatic carbocycles. The van der Waals surface area contributed by atoms with E-state index in [1.807, 2.05) is 38.1 Å². The second-order valence-corrected chi connectivity index (χ2v) is 5.47. The van der Waals surface area contributed by atoms with Crippen molar-refractivity contribution < 1.29 is 4.74 Å². The Morgan fingerprint density at radius 1 is 1.10 bits per heavy atom. The number of nitrogens with one attached hydrogen (secondary N) is 1. The van der Waals surface area contributed by atoms with Crippen LogP contribution in [0.1, 0.15) is 25.8 Å². The zero-order valence-electron chi connectivity index (χ0n) is 12.8. The molecule has 21 heavy (non-hydrogen) atoms. The van der Waals surface area contributed by atoms with E-state index in [1.54, 1.807) is 0 Å². The highest BCUT2D eigenvalue weighted by molar-refractivity contribution is 5.59. The summed E-state index contributed by atoms with van der Waals surface area (Å²) in [5.41, 5.74) is 9.02. The van der Waals surface area contributed by atoms with Crippen LogP contribution in [0.2, 0.25) is 0 Å². The molecule has 0 saturated carbocycles. The lowest BCUT2D eigenvalue weighted by Gasteiger charge is -2.13. The average Bonchev–Trinajstić information content (AvgIpc) is 2.43. The molecular formula is C18H24N2O. The molecule has 3 nitrogen and oxygen atoms in total. The largest absolute Gasteiger partial charge is 0.491 e. The van der Waals surface area contributed by atoms with Crippen molar-refractivity contribution in [3.05, 3.63) is 54.1 Å². The number of hydrogen-bond acceptors (Lipinski definition) is 3. The van der Waals surface area contributed by atoms with Crippen LogP contribution in [-0.4, -0.2) is 12.6 Å². The third kappa shape index (κ3) is 5.38. The fraction of sp³-hybridized carbons (Fsp3) is 0.333. The van der Waals surface area contributed by atoms with E-state index in [0.29, 0.717) is 0 Å². The average molecular weight is 284 g/mol. The number of rotatable bonds is 7. The van der Waals surface area contributed by atoms with Gasteiger partial charge in [0.15, 0.2) is 0 Å². The fourth-order valence-electron chi connectivity index (χ4n) is 2.23. The number of hydrogen-bond donors (Lipinski definition) is 2. The number of ether oxygens (including phenoxy) is 1. The fourth-order valence-corrected chi connectivity index (χ4v) is 2.23. The number of nitrogen functional groups attached to an aromatic ring is 1. The molecule has 2 rings (SSSR count). The van der Waals surface area contributed by atoms with Crippen LogP contribution in [0.15, 0.2) is 48.5 Å². The molecule has 2 aromatic rings. The zero-order valence-corrected chi connectivity index (χ0v) is 12.8. The predicted octanol–water partition coefficient (Wildman–Crippen LogP) is 4.10. The van der Waals surface area contributed by atoms with Crippen LogP contribution in [0, 0.1) is 0 Å². The van der Waals surface area contributed by atoms with Gasteiger partial charge in [-0.25, -0.2) is 0 Å². The molecule has 0 bridgehead atoms. The molecule has 0 aliphatic rings. The van der Waals surface area contributed by atoms with Gasteiger partial charge in [0.05, 0.1) is 6.10 Å². The van der Waals surface area contributed by atoms with Gasteiger partial charge in [0.1, 0.15) is 5.75 Å². The maximum Gasteiger partial charge on any atom is 0.123 e. The lowest BCUT2D eigenvalue weighted by Crippen LogP contribution is -2.07. The summed E-state index contributed by atoms with van der Waals surface area (Å²) >= 11 is 0. The minimum atomic E-state index is 0.151. The third-order valence-corrected chi connectivity index (χ3v) is 3.11. The molecule has 3 heteroatoms. The van der Waals surface area contributed by atoms with E-state index in [2.05, 4.69) is 29.6 Å². The Hall–Kier alpha value is -2.16. The van der Waals surface area contributed by atoms with E-state index < -0.39 is 0 Å². The van der Waals surface area contributed by atoms with E-state index >= 15 is 0 Å². The van der Waals surface area contributed by atoms with Crippen LogP contribution in [0.4, 0.5) is 11.4 Å². The summed E-state index contributed by atoms with van der Waals surface area (Å²) in [5.74, 6) is 0.815. The summed E-state index contributed by atoms with van der Waals surface area (Å²) in [6, 6.07) is 16.3. The highest BCUT2D eigenvalue weighted by Gasteiger charge is 2.02. The van der Waals surface area contributed by atoms with Gasteiger partial charge < -0.3 is 15.8 Å². The topological polar surface area (TPSA) is 47.3 Å². The molecule has 0 fully saturated rings. The van der Waals surface area contributed by atoms with Crippen LogP contribution in [0.3, 0.4) is 0 Å². The first kappa shape index (κ1) is 15.2. The molecule has 0 aliphatic heterocycles. The Balaban J connectivity index is 1.84. The monoisotopic (exact) mass is 284 g/mol. The molecule has 0 amide bonds. The number of benzene rings is 2. The quantitative estimate of drug-likeness (QED) is 0.594. The highest BCUT2D eigenvalue weighted by Crippen LogP contribution is 2.23. The Bertz CT molecular complexity index is 552. The molecule has 2 aromatic carbocycles. The maximum absolute atomic E-state index is 5.91. The smallest absolute Gasteiger partial charge is 0.123 e. The van der Waals surface area contributed by atoms with Crippen LogP contribution in [0.5, 0.6) is 5.75 Å². The van der Waals surface area contributed by atoms with Crippen molar-refractivity contribution in [2.45, 2.75) is 32.8 Å². The Kier molecular flexibility index (Phi) is 5.50. The van der Waals surface area contributed by atoms with E-state index in [4.69, 9.17) is 10.5 Å². The first-order valence-electron chi connectivity index (χ1n) is 7.48. The summed E-state index contributed by atoms with van der Waals surface area (Å²) in [7, 11) is 0. The minimum absolute atomic E-state index is 0.151. The van der Waals surface area contributed by atoms with Crippen molar-refractivity contribution in [3.8, 4) is 5.75 Å². The molecule has 0 aromatic heterocycles. The van der Waals surface area contributed by atoms with Crippen molar-refractivity contribution in [1.29, 1.82) is 0 Å². The number of aryl methyl sites for hydroxylation is 1. The van der Waals surface area contributed by atoms with Gasteiger partial charge in [-0.05, 0) is 38.3 Å². The lowest BCUT2D eigenvalue weighted by atomic mass is 10.1. The summed E-state index contributed by atoms with van der Waals surface area (Å²) in [4.78, 5) is 0. The van der Waals surface area contributed by atoms with Gasteiger partial charge in [0, 0.05) is 30.1 Å². The normalized spacial score (nSPS) is 10.6. The highest BCUT2D eigenvalue weighted by atomic mass is 16.5.